The summed E-state index contributed by atoms with van der Waals surface area (Å²) < 4.78 is 4.35. The summed E-state index contributed by atoms with van der Waals surface area (Å²) in [5.41, 5.74) is 0.715. The van der Waals surface area contributed by atoms with Crippen LogP contribution in [-0.2, 0) is 22.4 Å². The van der Waals surface area contributed by atoms with Gasteiger partial charge in [0.05, 0.1) is 17.1 Å². The minimum absolute atomic E-state index is 0.209. The molecule has 1 amide bonds. The van der Waals surface area contributed by atoms with Gasteiger partial charge in [-0.15, -0.1) is 34.5 Å². The molecule has 1 heterocycles. The zero-order valence-electron chi connectivity index (χ0n) is 14.0. The highest BCUT2D eigenvalue weighted by Gasteiger charge is 2.68. The summed E-state index contributed by atoms with van der Waals surface area (Å²) >= 11 is 13.7. The minimum Gasteiger partial charge on any atom is -0.459 e. The van der Waals surface area contributed by atoms with Crippen molar-refractivity contribution in [2.24, 2.45) is 5.41 Å². The lowest BCUT2D eigenvalue weighted by Crippen LogP contribution is -2.26. The molecule has 1 fully saturated rings. The number of amides is 1. The van der Waals surface area contributed by atoms with E-state index in [-0.39, 0.29) is 18.0 Å². The summed E-state index contributed by atoms with van der Waals surface area (Å²) in [7, 11) is 0. The summed E-state index contributed by atoms with van der Waals surface area (Å²) in [5, 5.41) is 3.45. The first-order valence-electron chi connectivity index (χ1n) is 8.20. The van der Waals surface area contributed by atoms with Gasteiger partial charge < -0.3 is 10.1 Å². The van der Waals surface area contributed by atoms with Crippen LogP contribution in [0.15, 0.2) is 0 Å². The SMILES string of the molecule is CC(C)OC(=O)c1c(NC(=O)[C@@]2(C)CC2(Cl)Cl)sc2c1CCCC2. The number of esters is 1. The van der Waals surface area contributed by atoms with Crippen LogP contribution in [-0.4, -0.2) is 22.3 Å². The second-order valence-electron chi connectivity index (χ2n) is 7.04. The molecule has 1 saturated carbocycles. The highest BCUT2D eigenvalue weighted by molar-refractivity contribution is 7.17. The van der Waals surface area contributed by atoms with Gasteiger partial charge >= 0.3 is 5.97 Å². The summed E-state index contributed by atoms with van der Waals surface area (Å²) in [5.74, 6) is -0.617. The number of carbonyl (C=O) groups is 2. The Balaban J connectivity index is 1.91. The molecule has 0 unspecified atom stereocenters. The molecule has 132 valence electrons. The molecule has 1 aromatic heterocycles. The van der Waals surface area contributed by atoms with Crippen LogP contribution >= 0.6 is 34.5 Å². The highest BCUT2D eigenvalue weighted by atomic mass is 35.5. The number of nitrogens with one attached hydrogen (secondary N) is 1. The highest BCUT2D eigenvalue weighted by Crippen LogP contribution is 2.64. The maximum atomic E-state index is 12.6. The van der Waals surface area contributed by atoms with Gasteiger partial charge in [-0.1, -0.05) is 0 Å². The number of rotatable bonds is 4. The van der Waals surface area contributed by atoms with E-state index in [1.54, 1.807) is 6.92 Å². The Kier molecular flexibility index (Phi) is 4.65. The van der Waals surface area contributed by atoms with Gasteiger partial charge in [0.1, 0.15) is 9.33 Å². The first-order chi connectivity index (χ1) is 11.2. The van der Waals surface area contributed by atoms with Crippen LogP contribution in [0, 0.1) is 5.41 Å². The molecule has 0 aliphatic heterocycles. The second-order valence-corrected chi connectivity index (χ2v) is 9.63. The average molecular weight is 390 g/mol. The summed E-state index contributed by atoms with van der Waals surface area (Å²) in [6.45, 7) is 5.37. The van der Waals surface area contributed by atoms with Gasteiger partial charge in [0.25, 0.3) is 0 Å². The van der Waals surface area contributed by atoms with Crippen molar-refractivity contribution in [1.82, 2.24) is 0 Å². The molecule has 24 heavy (non-hydrogen) atoms. The average Bonchev–Trinajstić information content (AvgIpc) is 2.85. The van der Waals surface area contributed by atoms with E-state index in [0.717, 1.165) is 36.1 Å². The van der Waals surface area contributed by atoms with Crippen molar-refractivity contribution < 1.29 is 14.3 Å². The number of alkyl halides is 2. The number of hydrogen-bond acceptors (Lipinski definition) is 4. The summed E-state index contributed by atoms with van der Waals surface area (Å²) in [4.78, 5) is 26.3. The Morgan fingerprint density at radius 2 is 1.88 bits per heavy atom. The Hall–Kier alpha value is -0.780. The fourth-order valence-corrected chi connectivity index (χ4v) is 5.01. The molecule has 0 bridgehead atoms. The standard InChI is InChI=1S/C17H21Cl2NO3S/c1-9(2)23-14(21)12-10-6-4-5-7-11(10)24-13(12)20-15(22)16(3)8-17(16,18)19/h9H,4-8H2,1-3H3,(H,20,22)/t16-/m1/s1. The zero-order chi connectivity index (χ0) is 17.7. The quantitative estimate of drug-likeness (QED) is 0.598. The first-order valence-corrected chi connectivity index (χ1v) is 9.78. The van der Waals surface area contributed by atoms with Crippen LogP contribution in [0.1, 0.15) is 60.8 Å². The Morgan fingerprint density at radius 3 is 2.46 bits per heavy atom. The molecule has 1 N–H and O–H groups in total. The number of thiophene rings is 1. The Bertz CT molecular complexity index is 698. The van der Waals surface area contributed by atoms with Gasteiger partial charge in [-0.25, -0.2) is 4.79 Å². The zero-order valence-corrected chi connectivity index (χ0v) is 16.3. The van der Waals surface area contributed by atoms with Crippen molar-refractivity contribution in [2.75, 3.05) is 5.32 Å². The van der Waals surface area contributed by atoms with Crippen molar-refractivity contribution in [1.29, 1.82) is 0 Å². The van der Waals surface area contributed by atoms with Gasteiger partial charge in [-0.3, -0.25) is 4.79 Å². The van der Waals surface area contributed by atoms with Crippen LogP contribution < -0.4 is 5.32 Å². The topological polar surface area (TPSA) is 55.4 Å². The van der Waals surface area contributed by atoms with E-state index in [0.29, 0.717) is 17.0 Å². The van der Waals surface area contributed by atoms with Crippen molar-refractivity contribution in [3.63, 3.8) is 0 Å². The number of hydrogen-bond donors (Lipinski definition) is 1. The fourth-order valence-electron chi connectivity index (χ4n) is 3.03. The van der Waals surface area contributed by atoms with E-state index in [2.05, 4.69) is 5.32 Å². The molecular formula is C17H21Cl2NO3S. The molecule has 0 aromatic carbocycles. The van der Waals surface area contributed by atoms with E-state index in [9.17, 15) is 9.59 Å². The third-order valence-electron chi connectivity index (χ3n) is 4.70. The Morgan fingerprint density at radius 1 is 1.25 bits per heavy atom. The van der Waals surface area contributed by atoms with E-state index in [1.807, 2.05) is 13.8 Å². The van der Waals surface area contributed by atoms with Crippen molar-refractivity contribution in [3.8, 4) is 0 Å². The first kappa shape index (κ1) is 18.0. The Labute approximate surface area is 155 Å². The van der Waals surface area contributed by atoms with Crippen molar-refractivity contribution in [3.05, 3.63) is 16.0 Å². The molecule has 0 spiro atoms. The molecule has 0 saturated heterocycles. The fraction of sp³-hybridized carbons (Fsp3) is 0.647. The van der Waals surface area contributed by atoms with Crippen molar-refractivity contribution >= 4 is 51.4 Å². The van der Waals surface area contributed by atoms with E-state index < -0.39 is 9.75 Å². The number of fused-ring (bicyclic) bond motifs is 1. The molecule has 1 atom stereocenters. The third kappa shape index (κ3) is 3.06. The lowest BCUT2D eigenvalue weighted by molar-refractivity contribution is -0.120. The summed E-state index contributed by atoms with van der Waals surface area (Å²) in [6.07, 6.45) is 4.12. The molecule has 4 nitrogen and oxygen atoms in total. The number of carbonyl (C=O) groups excluding carboxylic acids is 2. The predicted octanol–water partition coefficient (Wildman–Crippen LogP) is 4.71. The van der Waals surface area contributed by atoms with Crippen LogP contribution in [0.2, 0.25) is 0 Å². The van der Waals surface area contributed by atoms with E-state index >= 15 is 0 Å². The normalized spacial score (nSPS) is 24.4. The molecular weight excluding hydrogens is 369 g/mol. The molecule has 3 rings (SSSR count). The van der Waals surface area contributed by atoms with E-state index in [1.165, 1.54) is 11.3 Å². The monoisotopic (exact) mass is 389 g/mol. The van der Waals surface area contributed by atoms with Crippen molar-refractivity contribution in [2.45, 2.75) is 63.3 Å². The smallest absolute Gasteiger partial charge is 0.341 e. The molecule has 2 aliphatic rings. The van der Waals surface area contributed by atoms with E-state index in [4.69, 9.17) is 27.9 Å². The molecule has 7 heteroatoms. The molecule has 0 radical (unpaired) electrons. The third-order valence-corrected chi connectivity index (χ3v) is 7.01. The number of aryl methyl sites for hydroxylation is 1. The molecule has 2 aliphatic carbocycles. The van der Waals surface area contributed by atoms with Gasteiger partial charge in [0, 0.05) is 4.88 Å². The van der Waals surface area contributed by atoms with Crippen LogP contribution in [0.5, 0.6) is 0 Å². The second kappa shape index (κ2) is 6.19. The molecule has 1 aromatic rings. The van der Waals surface area contributed by atoms with Crippen LogP contribution in [0.4, 0.5) is 5.00 Å². The van der Waals surface area contributed by atoms with Gasteiger partial charge in [-0.05, 0) is 58.4 Å². The minimum atomic E-state index is -1.04. The largest absolute Gasteiger partial charge is 0.459 e. The van der Waals surface area contributed by atoms with Crippen LogP contribution in [0.25, 0.3) is 0 Å². The van der Waals surface area contributed by atoms with Gasteiger partial charge in [-0.2, -0.15) is 0 Å². The lowest BCUT2D eigenvalue weighted by Gasteiger charge is -2.15. The predicted molar refractivity (Wildman–Crippen MR) is 97.3 cm³/mol. The maximum absolute atomic E-state index is 12.6. The number of halogens is 2. The number of ether oxygens (including phenoxy) is 1. The summed E-state index contributed by atoms with van der Waals surface area (Å²) in [6, 6.07) is 0. The van der Waals surface area contributed by atoms with Gasteiger partial charge in [0.2, 0.25) is 5.91 Å². The number of anilines is 1. The van der Waals surface area contributed by atoms with Crippen LogP contribution in [0.3, 0.4) is 0 Å². The maximum Gasteiger partial charge on any atom is 0.341 e. The van der Waals surface area contributed by atoms with Gasteiger partial charge in [0.15, 0.2) is 0 Å². The lowest BCUT2D eigenvalue weighted by atomic mass is 9.95.